The first-order valence-electron chi connectivity index (χ1n) is 7.47. The quantitative estimate of drug-likeness (QED) is 0.429. The van der Waals surface area contributed by atoms with Gasteiger partial charge in [-0.1, -0.05) is 0 Å². The van der Waals surface area contributed by atoms with Crippen LogP contribution in [0, 0.1) is 24.0 Å². The normalized spacial score (nSPS) is 11.1. The highest BCUT2D eigenvalue weighted by Crippen LogP contribution is 2.28. The largest absolute Gasteiger partial charge is 0.508 e. The maximum atomic E-state index is 10.8. The molecule has 1 aromatic heterocycles. The molecule has 25 heavy (non-hydrogen) atoms. The van der Waals surface area contributed by atoms with E-state index in [9.17, 15) is 15.2 Å². The molecule has 0 saturated carbocycles. The molecule has 3 rings (SSSR count). The molecule has 126 valence electrons. The number of benzene rings is 2. The van der Waals surface area contributed by atoms with Gasteiger partial charge in [-0.05, 0) is 50.2 Å². The van der Waals surface area contributed by atoms with Crippen LogP contribution in [0.4, 0.5) is 17.1 Å². The fourth-order valence-corrected chi connectivity index (χ4v) is 2.37. The van der Waals surface area contributed by atoms with Crippen molar-refractivity contribution in [3.8, 4) is 11.4 Å². The minimum absolute atomic E-state index is 0.0255. The standard InChI is InChI=1S/C17H15N5O3/c1-11-17(19-18-13-3-9-16(23)10-4-13)12(2)21(20-11)14-5-7-15(8-6-14)22(24)25/h3-10,23H,1-2H3. The van der Waals surface area contributed by atoms with Gasteiger partial charge in [-0.25, -0.2) is 4.68 Å². The summed E-state index contributed by atoms with van der Waals surface area (Å²) in [5.41, 5.74) is 3.44. The van der Waals surface area contributed by atoms with Gasteiger partial charge in [0.05, 0.1) is 27.7 Å². The van der Waals surface area contributed by atoms with E-state index in [1.54, 1.807) is 28.9 Å². The van der Waals surface area contributed by atoms with Gasteiger partial charge in [-0.15, -0.1) is 5.11 Å². The zero-order chi connectivity index (χ0) is 18.0. The third-order valence-electron chi connectivity index (χ3n) is 3.67. The number of nitrogens with zero attached hydrogens (tertiary/aromatic N) is 5. The number of phenols is 1. The number of rotatable bonds is 4. The molecule has 8 heteroatoms. The average Bonchev–Trinajstić information content (AvgIpc) is 2.89. The number of non-ortho nitro benzene ring substituents is 1. The molecule has 0 aliphatic rings. The summed E-state index contributed by atoms with van der Waals surface area (Å²) < 4.78 is 1.67. The molecular formula is C17H15N5O3. The van der Waals surface area contributed by atoms with Crippen LogP contribution in [0.3, 0.4) is 0 Å². The van der Waals surface area contributed by atoms with Gasteiger partial charge in [-0.2, -0.15) is 10.2 Å². The van der Waals surface area contributed by atoms with E-state index in [1.165, 1.54) is 24.3 Å². The second-order valence-electron chi connectivity index (χ2n) is 5.42. The molecule has 3 aromatic rings. The van der Waals surface area contributed by atoms with Crippen LogP contribution in [-0.4, -0.2) is 19.8 Å². The van der Waals surface area contributed by atoms with Gasteiger partial charge < -0.3 is 5.11 Å². The van der Waals surface area contributed by atoms with Gasteiger partial charge >= 0.3 is 0 Å². The van der Waals surface area contributed by atoms with E-state index in [0.29, 0.717) is 22.8 Å². The van der Waals surface area contributed by atoms with Crippen LogP contribution in [0.5, 0.6) is 5.75 Å². The van der Waals surface area contributed by atoms with Crippen LogP contribution in [-0.2, 0) is 0 Å². The van der Waals surface area contributed by atoms with E-state index in [2.05, 4.69) is 15.3 Å². The Morgan fingerprint density at radius 1 is 1.04 bits per heavy atom. The van der Waals surface area contributed by atoms with Crippen molar-refractivity contribution in [1.82, 2.24) is 9.78 Å². The van der Waals surface area contributed by atoms with Crippen LogP contribution >= 0.6 is 0 Å². The van der Waals surface area contributed by atoms with Crippen LogP contribution < -0.4 is 0 Å². The van der Waals surface area contributed by atoms with E-state index in [0.717, 1.165) is 5.69 Å². The molecule has 0 fully saturated rings. The maximum absolute atomic E-state index is 10.8. The van der Waals surface area contributed by atoms with Gasteiger partial charge in [0.25, 0.3) is 5.69 Å². The number of nitro benzene ring substituents is 1. The highest BCUT2D eigenvalue weighted by molar-refractivity contribution is 5.51. The number of hydrogen-bond acceptors (Lipinski definition) is 6. The van der Waals surface area contributed by atoms with Crippen molar-refractivity contribution in [3.63, 3.8) is 0 Å². The molecule has 0 aliphatic carbocycles. The van der Waals surface area contributed by atoms with Crippen molar-refractivity contribution in [3.05, 3.63) is 70.0 Å². The fourth-order valence-electron chi connectivity index (χ4n) is 2.37. The predicted molar refractivity (Wildman–Crippen MR) is 92.0 cm³/mol. The summed E-state index contributed by atoms with van der Waals surface area (Å²) in [6.45, 7) is 3.67. The minimum atomic E-state index is -0.442. The minimum Gasteiger partial charge on any atom is -0.508 e. The van der Waals surface area contributed by atoms with E-state index < -0.39 is 4.92 Å². The lowest BCUT2D eigenvalue weighted by Crippen LogP contribution is -1.99. The molecule has 0 amide bonds. The van der Waals surface area contributed by atoms with E-state index in [1.807, 2.05) is 13.8 Å². The topological polar surface area (TPSA) is 106 Å². The van der Waals surface area contributed by atoms with E-state index in [4.69, 9.17) is 0 Å². The van der Waals surface area contributed by atoms with Crippen molar-refractivity contribution in [2.75, 3.05) is 0 Å². The van der Waals surface area contributed by atoms with E-state index >= 15 is 0 Å². The molecule has 0 atom stereocenters. The van der Waals surface area contributed by atoms with Crippen molar-refractivity contribution in [1.29, 1.82) is 0 Å². The average molecular weight is 337 g/mol. The molecule has 1 N–H and O–H groups in total. The Morgan fingerprint density at radius 3 is 2.28 bits per heavy atom. The molecule has 0 aliphatic heterocycles. The maximum Gasteiger partial charge on any atom is 0.269 e. The number of phenolic OH excluding ortho intramolecular Hbond substituents is 1. The van der Waals surface area contributed by atoms with Crippen LogP contribution in [0.2, 0.25) is 0 Å². The molecule has 8 nitrogen and oxygen atoms in total. The van der Waals surface area contributed by atoms with Crippen LogP contribution in [0.1, 0.15) is 11.4 Å². The highest BCUT2D eigenvalue weighted by atomic mass is 16.6. The zero-order valence-corrected chi connectivity index (χ0v) is 13.6. The Hall–Kier alpha value is -3.55. The Balaban J connectivity index is 1.92. The molecule has 2 aromatic carbocycles. The highest BCUT2D eigenvalue weighted by Gasteiger charge is 2.13. The summed E-state index contributed by atoms with van der Waals surface area (Å²) in [6.07, 6.45) is 0. The summed E-state index contributed by atoms with van der Waals surface area (Å²) in [5, 5.41) is 32.9. The Bertz CT molecular complexity index is 944. The predicted octanol–water partition coefficient (Wildman–Crippen LogP) is 4.52. The van der Waals surface area contributed by atoms with Gasteiger partial charge in [0.15, 0.2) is 0 Å². The first-order valence-corrected chi connectivity index (χ1v) is 7.47. The third kappa shape index (κ3) is 3.37. The SMILES string of the molecule is Cc1nn(-c2ccc([N+](=O)[O-])cc2)c(C)c1N=Nc1ccc(O)cc1. The van der Waals surface area contributed by atoms with Crippen molar-refractivity contribution < 1.29 is 10.0 Å². The Kier molecular flexibility index (Phi) is 4.25. The third-order valence-corrected chi connectivity index (χ3v) is 3.67. The second-order valence-corrected chi connectivity index (χ2v) is 5.42. The fraction of sp³-hybridized carbons (Fsp3) is 0.118. The number of aromatic nitrogens is 2. The molecule has 0 unspecified atom stereocenters. The lowest BCUT2D eigenvalue weighted by atomic mass is 10.2. The smallest absolute Gasteiger partial charge is 0.269 e. The number of azo groups is 1. The molecule has 0 spiro atoms. The summed E-state index contributed by atoms with van der Waals surface area (Å²) in [4.78, 5) is 10.3. The molecule has 1 heterocycles. The Labute approximate surface area is 143 Å². The van der Waals surface area contributed by atoms with Crippen LogP contribution in [0.15, 0.2) is 58.8 Å². The number of aromatic hydroxyl groups is 1. The lowest BCUT2D eigenvalue weighted by Gasteiger charge is -2.03. The molecule has 0 radical (unpaired) electrons. The van der Waals surface area contributed by atoms with Gasteiger partial charge in [0, 0.05) is 12.1 Å². The first kappa shape index (κ1) is 16.3. The van der Waals surface area contributed by atoms with Gasteiger partial charge in [0.2, 0.25) is 0 Å². The molecular weight excluding hydrogens is 322 g/mol. The molecule has 0 bridgehead atoms. The Morgan fingerprint density at radius 2 is 1.68 bits per heavy atom. The monoisotopic (exact) mass is 337 g/mol. The zero-order valence-electron chi connectivity index (χ0n) is 13.6. The summed E-state index contributed by atoms with van der Waals surface area (Å²) in [6, 6.07) is 12.5. The van der Waals surface area contributed by atoms with Crippen molar-refractivity contribution in [2.45, 2.75) is 13.8 Å². The van der Waals surface area contributed by atoms with Gasteiger partial charge in [-0.3, -0.25) is 10.1 Å². The second kappa shape index (κ2) is 6.52. The number of aryl methyl sites for hydroxylation is 1. The van der Waals surface area contributed by atoms with Gasteiger partial charge in [0.1, 0.15) is 11.4 Å². The molecule has 0 saturated heterocycles. The number of hydrogen-bond donors (Lipinski definition) is 1. The van der Waals surface area contributed by atoms with E-state index in [-0.39, 0.29) is 11.4 Å². The van der Waals surface area contributed by atoms with Crippen molar-refractivity contribution in [2.24, 2.45) is 10.2 Å². The lowest BCUT2D eigenvalue weighted by molar-refractivity contribution is -0.384. The summed E-state index contributed by atoms with van der Waals surface area (Å²) in [7, 11) is 0. The number of nitro groups is 1. The van der Waals surface area contributed by atoms with Crippen molar-refractivity contribution >= 4 is 17.1 Å². The van der Waals surface area contributed by atoms with Crippen LogP contribution in [0.25, 0.3) is 5.69 Å². The summed E-state index contributed by atoms with van der Waals surface area (Å²) in [5.74, 6) is 0.164. The first-order chi connectivity index (χ1) is 12.0. The summed E-state index contributed by atoms with van der Waals surface area (Å²) >= 11 is 0.